The fourth-order valence-corrected chi connectivity index (χ4v) is 1.95. The second kappa shape index (κ2) is 7.86. The van der Waals surface area contributed by atoms with Crippen molar-refractivity contribution >= 4 is 0 Å². The largest absolute Gasteiger partial charge is 0.493 e. The lowest BCUT2D eigenvalue weighted by Gasteiger charge is -2.14. The average Bonchev–Trinajstić information content (AvgIpc) is 3.01. The molecular formula is C17H23NO3. The van der Waals surface area contributed by atoms with Crippen molar-refractivity contribution in [3.8, 4) is 5.75 Å². The van der Waals surface area contributed by atoms with Crippen molar-refractivity contribution in [2.75, 3.05) is 13.2 Å². The molecule has 1 atom stereocenters. The van der Waals surface area contributed by atoms with E-state index in [4.69, 9.17) is 9.15 Å². The van der Waals surface area contributed by atoms with Crippen LogP contribution < -0.4 is 10.1 Å². The van der Waals surface area contributed by atoms with E-state index in [0.29, 0.717) is 12.5 Å². The summed E-state index contributed by atoms with van der Waals surface area (Å²) < 4.78 is 11.0. The SMILES string of the molecule is CC(C)COc1ccc(CNC(CO)c2ccco2)cc1. The molecule has 4 nitrogen and oxygen atoms in total. The third-order valence-electron chi connectivity index (χ3n) is 3.13. The van der Waals surface area contributed by atoms with Gasteiger partial charge in [0.1, 0.15) is 11.5 Å². The molecule has 0 aliphatic carbocycles. The molecule has 0 radical (unpaired) electrons. The number of rotatable bonds is 8. The molecular weight excluding hydrogens is 266 g/mol. The highest BCUT2D eigenvalue weighted by molar-refractivity contribution is 5.27. The molecule has 0 aliphatic heterocycles. The Kier molecular flexibility index (Phi) is 5.84. The smallest absolute Gasteiger partial charge is 0.123 e. The van der Waals surface area contributed by atoms with E-state index in [9.17, 15) is 5.11 Å². The summed E-state index contributed by atoms with van der Waals surface area (Å²) in [5.41, 5.74) is 1.14. The van der Waals surface area contributed by atoms with Gasteiger partial charge < -0.3 is 19.6 Å². The van der Waals surface area contributed by atoms with Crippen molar-refractivity contribution < 1.29 is 14.3 Å². The first kappa shape index (κ1) is 15.6. The van der Waals surface area contributed by atoms with Gasteiger partial charge in [0.15, 0.2) is 0 Å². The van der Waals surface area contributed by atoms with Gasteiger partial charge in [-0.2, -0.15) is 0 Å². The Morgan fingerprint density at radius 3 is 2.52 bits per heavy atom. The molecule has 2 rings (SSSR count). The zero-order valence-electron chi connectivity index (χ0n) is 12.6. The second-order valence-corrected chi connectivity index (χ2v) is 5.48. The molecule has 2 aromatic rings. The third-order valence-corrected chi connectivity index (χ3v) is 3.13. The zero-order chi connectivity index (χ0) is 15.1. The van der Waals surface area contributed by atoms with Crippen LogP contribution in [-0.4, -0.2) is 18.3 Å². The maximum atomic E-state index is 9.40. The van der Waals surface area contributed by atoms with Crippen LogP contribution in [0.2, 0.25) is 0 Å². The van der Waals surface area contributed by atoms with Gasteiger partial charge in [0.05, 0.1) is 25.5 Å². The van der Waals surface area contributed by atoms with Crippen LogP contribution >= 0.6 is 0 Å². The Morgan fingerprint density at radius 2 is 1.95 bits per heavy atom. The number of aliphatic hydroxyl groups excluding tert-OH is 1. The molecule has 0 aliphatic rings. The Morgan fingerprint density at radius 1 is 1.19 bits per heavy atom. The minimum absolute atomic E-state index is 0.00307. The van der Waals surface area contributed by atoms with Crippen molar-refractivity contribution in [2.45, 2.75) is 26.4 Å². The van der Waals surface area contributed by atoms with Gasteiger partial charge >= 0.3 is 0 Å². The van der Waals surface area contributed by atoms with Gasteiger partial charge in [0.2, 0.25) is 0 Å². The molecule has 0 fully saturated rings. The van der Waals surface area contributed by atoms with Crippen molar-refractivity contribution in [1.82, 2.24) is 5.32 Å². The van der Waals surface area contributed by atoms with E-state index in [-0.39, 0.29) is 12.6 Å². The standard InChI is InChI=1S/C17H23NO3/c1-13(2)12-21-15-7-5-14(6-8-15)10-18-16(11-19)17-4-3-9-20-17/h3-9,13,16,18-19H,10-12H2,1-2H3. The van der Waals surface area contributed by atoms with Gasteiger partial charge in [0.25, 0.3) is 0 Å². The predicted molar refractivity (Wildman–Crippen MR) is 82.1 cm³/mol. The van der Waals surface area contributed by atoms with Gasteiger partial charge in [-0.05, 0) is 35.7 Å². The first-order chi connectivity index (χ1) is 10.2. The minimum Gasteiger partial charge on any atom is -0.493 e. The lowest BCUT2D eigenvalue weighted by molar-refractivity contribution is 0.225. The maximum absolute atomic E-state index is 9.40. The summed E-state index contributed by atoms with van der Waals surface area (Å²) in [7, 11) is 0. The van der Waals surface area contributed by atoms with Gasteiger partial charge in [-0.1, -0.05) is 26.0 Å². The van der Waals surface area contributed by atoms with Crippen LogP contribution in [0, 0.1) is 5.92 Å². The Labute approximate surface area is 125 Å². The summed E-state index contributed by atoms with van der Waals surface area (Å²) in [4.78, 5) is 0. The van der Waals surface area contributed by atoms with E-state index in [1.807, 2.05) is 36.4 Å². The highest BCUT2D eigenvalue weighted by Crippen LogP contribution is 2.16. The molecule has 0 amide bonds. The summed E-state index contributed by atoms with van der Waals surface area (Å²) in [5, 5.41) is 12.7. The summed E-state index contributed by atoms with van der Waals surface area (Å²) >= 11 is 0. The van der Waals surface area contributed by atoms with Crippen molar-refractivity contribution in [3.05, 3.63) is 54.0 Å². The molecule has 1 unspecified atom stereocenters. The first-order valence-electron chi connectivity index (χ1n) is 7.28. The number of hydrogen-bond donors (Lipinski definition) is 2. The highest BCUT2D eigenvalue weighted by atomic mass is 16.5. The fourth-order valence-electron chi connectivity index (χ4n) is 1.95. The Hall–Kier alpha value is -1.78. The third kappa shape index (κ3) is 4.92. The summed E-state index contributed by atoms with van der Waals surface area (Å²) in [6.07, 6.45) is 1.61. The first-order valence-corrected chi connectivity index (χ1v) is 7.28. The van der Waals surface area contributed by atoms with Gasteiger partial charge in [-0.3, -0.25) is 0 Å². The highest BCUT2D eigenvalue weighted by Gasteiger charge is 2.12. The number of benzene rings is 1. The van der Waals surface area contributed by atoms with Crippen molar-refractivity contribution in [1.29, 1.82) is 0 Å². The van der Waals surface area contributed by atoms with E-state index < -0.39 is 0 Å². The molecule has 0 saturated carbocycles. The van der Waals surface area contributed by atoms with Crippen molar-refractivity contribution in [2.24, 2.45) is 5.92 Å². The molecule has 1 heterocycles. The number of furan rings is 1. The fraction of sp³-hybridized carbons (Fsp3) is 0.412. The van der Waals surface area contributed by atoms with Crippen molar-refractivity contribution in [3.63, 3.8) is 0 Å². The number of ether oxygens (including phenoxy) is 1. The minimum atomic E-state index is -0.183. The van der Waals surface area contributed by atoms with Gasteiger partial charge in [-0.25, -0.2) is 0 Å². The van der Waals surface area contributed by atoms with Crippen LogP contribution in [-0.2, 0) is 6.54 Å². The van der Waals surface area contributed by atoms with E-state index in [1.165, 1.54) is 0 Å². The predicted octanol–water partition coefficient (Wildman–Crippen LogP) is 3.14. The van der Waals surface area contributed by atoms with Crippen LogP contribution in [0.1, 0.15) is 31.2 Å². The van der Waals surface area contributed by atoms with E-state index in [2.05, 4.69) is 19.2 Å². The van der Waals surface area contributed by atoms with Crippen LogP contribution in [0.5, 0.6) is 5.75 Å². The lowest BCUT2D eigenvalue weighted by atomic mass is 10.2. The monoisotopic (exact) mass is 289 g/mol. The second-order valence-electron chi connectivity index (χ2n) is 5.48. The quantitative estimate of drug-likeness (QED) is 0.784. The van der Waals surface area contributed by atoms with E-state index >= 15 is 0 Å². The van der Waals surface area contributed by atoms with Gasteiger partial charge in [0, 0.05) is 6.54 Å². The summed E-state index contributed by atoms with van der Waals surface area (Å²) in [6, 6.07) is 11.5. The summed E-state index contributed by atoms with van der Waals surface area (Å²) in [6.45, 7) is 5.64. The normalized spacial score (nSPS) is 12.6. The number of hydrogen-bond acceptors (Lipinski definition) is 4. The van der Waals surface area contributed by atoms with E-state index in [0.717, 1.165) is 23.7 Å². The average molecular weight is 289 g/mol. The Bertz CT molecular complexity index is 505. The molecule has 0 saturated heterocycles. The van der Waals surface area contributed by atoms with Gasteiger partial charge in [-0.15, -0.1) is 0 Å². The zero-order valence-corrected chi connectivity index (χ0v) is 12.6. The molecule has 0 spiro atoms. The summed E-state index contributed by atoms with van der Waals surface area (Å²) in [5.74, 6) is 2.15. The molecule has 1 aromatic carbocycles. The van der Waals surface area contributed by atoms with Crippen LogP contribution in [0.4, 0.5) is 0 Å². The molecule has 4 heteroatoms. The van der Waals surface area contributed by atoms with E-state index in [1.54, 1.807) is 6.26 Å². The molecule has 21 heavy (non-hydrogen) atoms. The number of aliphatic hydroxyl groups is 1. The Balaban J connectivity index is 1.85. The van der Waals surface area contributed by atoms with Crippen LogP contribution in [0.25, 0.3) is 0 Å². The molecule has 2 N–H and O–H groups in total. The molecule has 1 aromatic heterocycles. The van der Waals surface area contributed by atoms with Crippen LogP contribution in [0.3, 0.4) is 0 Å². The number of nitrogens with one attached hydrogen (secondary N) is 1. The maximum Gasteiger partial charge on any atom is 0.123 e. The lowest BCUT2D eigenvalue weighted by Crippen LogP contribution is -2.23. The molecule has 0 bridgehead atoms. The van der Waals surface area contributed by atoms with Crippen LogP contribution in [0.15, 0.2) is 47.1 Å². The topological polar surface area (TPSA) is 54.6 Å². The molecule has 114 valence electrons.